The molecule has 0 radical (unpaired) electrons. The lowest BCUT2D eigenvalue weighted by molar-refractivity contribution is 0.509. The molecule has 0 aliphatic heterocycles. The van der Waals surface area contributed by atoms with Gasteiger partial charge in [-0.05, 0) is 42.0 Å². The fourth-order valence-corrected chi connectivity index (χ4v) is 2.29. The summed E-state index contributed by atoms with van der Waals surface area (Å²) in [5, 5.41) is 3.15. The maximum Gasteiger partial charge on any atom is 0.160 e. The van der Waals surface area contributed by atoms with Crippen molar-refractivity contribution in [2.75, 3.05) is 5.32 Å². The van der Waals surface area contributed by atoms with Crippen molar-refractivity contribution < 1.29 is 8.78 Å². The number of halogens is 2. The number of rotatable bonds is 4. The standard InChI is InChI=1S/C16H15F2N/c17-15-8-7-13(9-16(15)18)19-10-12-3-1-2-4-14(12)11-5-6-11/h1-4,7-9,11,19H,5-6,10H2. The molecule has 0 heterocycles. The Morgan fingerprint density at radius 2 is 1.79 bits per heavy atom. The lowest BCUT2D eigenvalue weighted by Crippen LogP contribution is -2.03. The molecule has 1 aliphatic rings. The Hall–Kier alpha value is -1.90. The van der Waals surface area contributed by atoms with E-state index in [1.54, 1.807) is 6.07 Å². The minimum absolute atomic E-state index is 0.601. The van der Waals surface area contributed by atoms with Crippen LogP contribution in [0.1, 0.15) is 29.9 Å². The lowest BCUT2D eigenvalue weighted by Gasteiger charge is -2.11. The first-order valence-corrected chi connectivity index (χ1v) is 6.51. The molecule has 1 nitrogen and oxygen atoms in total. The van der Waals surface area contributed by atoms with Crippen molar-refractivity contribution in [1.29, 1.82) is 0 Å². The number of hydrogen-bond acceptors (Lipinski definition) is 1. The molecule has 1 N–H and O–H groups in total. The van der Waals surface area contributed by atoms with Crippen molar-refractivity contribution >= 4 is 5.69 Å². The van der Waals surface area contributed by atoms with Crippen LogP contribution < -0.4 is 5.32 Å². The summed E-state index contributed by atoms with van der Waals surface area (Å²) in [4.78, 5) is 0. The Labute approximate surface area is 111 Å². The maximum atomic E-state index is 13.1. The Kier molecular flexibility index (Phi) is 3.20. The average Bonchev–Trinajstić information content (AvgIpc) is 3.25. The van der Waals surface area contributed by atoms with Gasteiger partial charge in [-0.1, -0.05) is 24.3 Å². The fourth-order valence-electron chi connectivity index (χ4n) is 2.29. The van der Waals surface area contributed by atoms with Gasteiger partial charge in [-0.15, -0.1) is 0 Å². The molecular weight excluding hydrogens is 244 g/mol. The van der Waals surface area contributed by atoms with E-state index in [1.807, 2.05) is 6.07 Å². The zero-order valence-electron chi connectivity index (χ0n) is 10.5. The van der Waals surface area contributed by atoms with Crippen molar-refractivity contribution in [2.24, 2.45) is 0 Å². The molecule has 1 fully saturated rings. The first-order chi connectivity index (χ1) is 9.24. The molecule has 0 unspecified atom stereocenters. The van der Waals surface area contributed by atoms with E-state index in [1.165, 1.54) is 30.0 Å². The summed E-state index contributed by atoms with van der Waals surface area (Å²) in [7, 11) is 0. The molecule has 3 rings (SSSR count). The highest BCUT2D eigenvalue weighted by atomic mass is 19.2. The van der Waals surface area contributed by atoms with Gasteiger partial charge in [0.2, 0.25) is 0 Å². The topological polar surface area (TPSA) is 12.0 Å². The second-order valence-corrected chi connectivity index (χ2v) is 4.96. The first kappa shape index (κ1) is 12.2. The van der Waals surface area contributed by atoms with E-state index in [9.17, 15) is 8.78 Å². The van der Waals surface area contributed by atoms with Crippen molar-refractivity contribution in [3.63, 3.8) is 0 Å². The second kappa shape index (κ2) is 5.00. The van der Waals surface area contributed by atoms with Gasteiger partial charge in [-0.3, -0.25) is 0 Å². The maximum absolute atomic E-state index is 13.1. The molecule has 0 aromatic heterocycles. The second-order valence-electron chi connectivity index (χ2n) is 4.96. The smallest absolute Gasteiger partial charge is 0.160 e. The van der Waals surface area contributed by atoms with Crippen molar-refractivity contribution in [2.45, 2.75) is 25.3 Å². The molecule has 19 heavy (non-hydrogen) atoms. The third-order valence-electron chi connectivity index (χ3n) is 3.47. The van der Waals surface area contributed by atoms with Crippen LogP contribution in [0, 0.1) is 11.6 Å². The molecule has 0 atom stereocenters. The largest absolute Gasteiger partial charge is 0.381 e. The van der Waals surface area contributed by atoms with Gasteiger partial charge in [0, 0.05) is 18.3 Å². The molecule has 0 saturated heterocycles. The first-order valence-electron chi connectivity index (χ1n) is 6.51. The van der Waals surface area contributed by atoms with Gasteiger partial charge in [0.1, 0.15) is 0 Å². The fraction of sp³-hybridized carbons (Fsp3) is 0.250. The van der Waals surface area contributed by atoms with Crippen molar-refractivity contribution in [3.8, 4) is 0 Å². The van der Waals surface area contributed by atoms with Crippen LogP contribution in [0.25, 0.3) is 0 Å². The van der Waals surface area contributed by atoms with Crippen LogP contribution in [0.15, 0.2) is 42.5 Å². The Morgan fingerprint density at radius 1 is 1.00 bits per heavy atom. The highest BCUT2D eigenvalue weighted by Gasteiger charge is 2.25. The van der Waals surface area contributed by atoms with Gasteiger partial charge in [0.15, 0.2) is 11.6 Å². The van der Waals surface area contributed by atoms with Crippen LogP contribution in [0.3, 0.4) is 0 Å². The summed E-state index contributed by atoms with van der Waals surface area (Å²) < 4.78 is 25.9. The molecule has 2 aromatic carbocycles. The minimum Gasteiger partial charge on any atom is -0.381 e. The Bertz CT molecular complexity index is 591. The number of benzene rings is 2. The summed E-state index contributed by atoms with van der Waals surface area (Å²) in [6, 6.07) is 12.2. The molecule has 0 bridgehead atoms. The van der Waals surface area contributed by atoms with Gasteiger partial charge < -0.3 is 5.32 Å². The van der Waals surface area contributed by atoms with Crippen LogP contribution in [0.2, 0.25) is 0 Å². The van der Waals surface area contributed by atoms with E-state index in [0.717, 1.165) is 6.07 Å². The monoisotopic (exact) mass is 259 g/mol. The summed E-state index contributed by atoms with van der Waals surface area (Å²) in [6.07, 6.45) is 2.50. The van der Waals surface area contributed by atoms with E-state index >= 15 is 0 Å². The van der Waals surface area contributed by atoms with E-state index < -0.39 is 11.6 Å². The summed E-state index contributed by atoms with van der Waals surface area (Å²) in [6.45, 7) is 0.637. The van der Waals surface area contributed by atoms with Crippen molar-refractivity contribution in [3.05, 3.63) is 65.2 Å². The van der Waals surface area contributed by atoms with Crippen molar-refractivity contribution in [1.82, 2.24) is 0 Å². The molecule has 0 amide bonds. The highest BCUT2D eigenvalue weighted by molar-refractivity contribution is 5.45. The van der Waals surface area contributed by atoms with Gasteiger partial charge in [0.05, 0.1) is 0 Å². The molecule has 0 spiro atoms. The number of hydrogen-bond donors (Lipinski definition) is 1. The third-order valence-corrected chi connectivity index (χ3v) is 3.47. The third kappa shape index (κ3) is 2.75. The predicted octanol–water partition coefficient (Wildman–Crippen LogP) is 4.45. The zero-order chi connectivity index (χ0) is 13.2. The normalized spacial score (nSPS) is 14.4. The molecule has 3 heteroatoms. The van der Waals surface area contributed by atoms with E-state index in [-0.39, 0.29) is 0 Å². The SMILES string of the molecule is Fc1ccc(NCc2ccccc2C2CC2)cc1F. The Morgan fingerprint density at radius 3 is 2.53 bits per heavy atom. The van der Waals surface area contributed by atoms with Gasteiger partial charge in [0.25, 0.3) is 0 Å². The van der Waals surface area contributed by atoms with Crippen LogP contribution >= 0.6 is 0 Å². The summed E-state index contributed by atoms with van der Waals surface area (Å²) >= 11 is 0. The van der Waals surface area contributed by atoms with Gasteiger partial charge in [-0.25, -0.2) is 8.78 Å². The highest BCUT2D eigenvalue weighted by Crippen LogP contribution is 2.41. The van der Waals surface area contributed by atoms with Gasteiger partial charge in [-0.2, -0.15) is 0 Å². The van der Waals surface area contributed by atoms with E-state index in [2.05, 4.69) is 23.5 Å². The van der Waals surface area contributed by atoms with Crippen LogP contribution in [0.4, 0.5) is 14.5 Å². The van der Waals surface area contributed by atoms with E-state index in [0.29, 0.717) is 18.2 Å². The Balaban J connectivity index is 1.73. The number of nitrogens with one attached hydrogen (secondary N) is 1. The van der Waals surface area contributed by atoms with Crippen LogP contribution in [0.5, 0.6) is 0 Å². The minimum atomic E-state index is -0.819. The molecular formula is C16H15F2N. The lowest BCUT2D eigenvalue weighted by atomic mass is 10.0. The van der Waals surface area contributed by atoms with Crippen LogP contribution in [-0.2, 0) is 6.54 Å². The molecule has 98 valence electrons. The number of anilines is 1. The van der Waals surface area contributed by atoms with Gasteiger partial charge >= 0.3 is 0 Å². The summed E-state index contributed by atoms with van der Waals surface area (Å²) in [5.41, 5.74) is 3.21. The average molecular weight is 259 g/mol. The summed E-state index contributed by atoms with van der Waals surface area (Å²) in [5.74, 6) is -0.952. The van der Waals surface area contributed by atoms with E-state index in [4.69, 9.17) is 0 Å². The van der Waals surface area contributed by atoms with Crippen LogP contribution in [-0.4, -0.2) is 0 Å². The quantitative estimate of drug-likeness (QED) is 0.855. The predicted molar refractivity (Wildman–Crippen MR) is 72.1 cm³/mol. The molecule has 2 aromatic rings. The molecule has 1 aliphatic carbocycles. The molecule has 1 saturated carbocycles. The zero-order valence-corrected chi connectivity index (χ0v) is 10.5.